The van der Waals surface area contributed by atoms with Crippen molar-refractivity contribution in [1.82, 2.24) is 5.32 Å². The van der Waals surface area contributed by atoms with Gasteiger partial charge in [-0.3, -0.25) is 0 Å². The summed E-state index contributed by atoms with van der Waals surface area (Å²) in [4.78, 5) is 1.41. The van der Waals surface area contributed by atoms with Gasteiger partial charge in [0.05, 0.1) is 0 Å². The molecule has 0 amide bonds. The predicted molar refractivity (Wildman–Crippen MR) is 77.4 cm³/mol. The van der Waals surface area contributed by atoms with Crippen molar-refractivity contribution in [3.63, 3.8) is 0 Å². The van der Waals surface area contributed by atoms with Crippen molar-refractivity contribution >= 4 is 11.3 Å². The van der Waals surface area contributed by atoms with E-state index in [1.54, 1.807) is 11.3 Å². The molecule has 1 aromatic heterocycles. The zero-order chi connectivity index (χ0) is 12.8. The Bertz CT molecular complexity index is 475. The highest BCUT2D eigenvalue weighted by Crippen LogP contribution is 2.14. The molecule has 96 valence electrons. The van der Waals surface area contributed by atoms with Crippen molar-refractivity contribution in [2.24, 2.45) is 0 Å². The molecule has 2 aromatic rings. The highest BCUT2D eigenvalue weighted by Gasteiger charge is 1.98. The molecule has 0 saturated heterocycles. The quantitative estimate of drug-likeness (QED) is 0.803. The summed E-state index contributed by atoms with van der Waals surface area (Å²) in [5, 5.41) is 5.53. The maximum absolute atomic E-state index is 5.65. The smallest absolute Gasteiger partial charge is 0.119 e. The fourth-order valence-electron chi connectivity index (χ4n) is 1.66. The van der Waals surface area contributed by atoms with Gasteiger partial charge in [-0.05, 0) is 43.0 Å². The molecule has 0 unspecified atom stereocenters. The van der Waals surface area contributed by atoms with Crippen LogP contribution < -0.4 is 10.1 Å². The topological polar surface area (TPSA) is 21.3 Å². The number of thiophene rings is 1. The van der Waals surface area contributed by atoms with Crippen LogP contribution in [0.15, 0.2) is 35.7 Å². The van der Waals surface area contributed by atoms with E-state index in [1.807, 2.05) is 12.1 Å². The van der Waals surface area contributed by atoms with Crippen molar-refractivity contribution in [1.29, 1.82) is 0 Å². The first kappa shape index (κ1) is 13.1. The molecule has 0 bridgehead atoms. The van der Waals surface area contributed by atoms with Crippen LogP contribution in [0.1, 0.15) is 16.0 Å². The fourth-order valence-corrected chi connectivity index (χ4v) is 2.54. The molecular weight excluding hydrogens is 242 g/mol. The van der Waals surface area contributed by atoms with Crippen LogP contribution in [0.3, 0.4) is 0 Å². The average molecular weight is 261 g/mol. The molecule has 0 fully saturated rings. The van der Waals surface area contributed by atoms with Crippen LogP contribution in [0.2, 0.25) is 0 Å². The Morgan fingerprint density at radius 3 is 2.56 bits per heavy atom. The molecule has 1 N–H and O–H groups in total. The third kappa shape index (κ3) is 3.86. The Hall–Kier alpha value is -1.32. The number of nitrogens with one attached hydrogen (secondary N) is 1. The molecule has 3 heteroatoms. The number of ether oxygens (including phenoxy) is 1. The monoisotopic (exact) mass is 261 g/mol. The Balaban J connectivity index is 1.64. The second-order valence-electron chi connectivity index (χ2n) is 4.37. The third-order valence-electron chi connectivity index (χ3n) is 2.82. The van der Waals surface area contributed by atoms with Crippen molar-refractivity contribution < 1.29 is 4.74 Å². The molecule has 0 aliphatic heterocycles. The molecule has 0 saturated carbocycles. The van der Waals surface area contributed by atoms with Crippen molar-refractivity contribution in [2.45, 2.75) is 20.4 Å². The summed E-state index contributed by atoms with van der Waals surface area (Å²) in [6.45, 7) is 6.73. The van der Waals surface area contributed by atoms with E-state index < -0.39 is 0 Å². The normalized spacial score (nSPS) is 10.6. The van der Waals surface area contributed by atoms with E-state index in [0.717, 1.165) is 18.8 Å². The van der Waals surface area contributed by atoms with Gasteiger partial charge in [0.15, 0.2) is 0 Å². The standard InChI is InChI=1S/C15H19NOS/c1-12-3-5-14(6-4-12)17-9-8-16-11-15-13(2)7-10-18-15/h3-7,10,16H,8-9,11H2,1-2H3. The molecule has 18 heavy (non-hydrogen) atoms. The van der Waals surface area contributed by atoms with Crippen LogP contribution in [0.4, 0.5) is 0 Å². The van der Waals surface area contributed by atoms with Gasteiger partial charge in [-0.2, -0.15) is 0 Å². The molecule has 0 spiro atoms. The van der Waals surface area contributed by atoms with E-state index in [4.69, 9.17) is 4.74 Å². The zero-order valence-corrected chi connectivity index (χ0v) is 11.7. The van der Waals surface area contributed by atoms with E-state index in [0.29, 0.717) is 6.61 Å². The molecule has 0 aliphatic carbocycles. The summed E-state index contributed by atoms with van der Waals surface area (Å²) in [5.74, 6) is 0.940. The van der Waals surface area contributed by atoms with Crippen molar-refractivity contribution in [2.75, 3.05) is 13.2 Å². The summed E-state index contributed by atoms with van der Waals surface area (Å²) in [6, 6.07) is 10.3. The summed E-state index contributed by atoms with van der Waals surface area (Å²) in [7, 11) is 0. The SMILES string of the molecule is Cc1ccc(OCCNCc2sccc2C)cc1. The first-order chi connectivity index (χ1) is 8.75. The largest absolute Gasteiger partial charge is 0.492 e. The minimum atomic E-state index is 0.702. The number of hydrogen-bond acceptors (Lipinski definition) is 3. The minimum absolute atomic E-state index is 0.702. The minimum Gasteiger partial charge on any atom is -0.492 e. The fraction of sp³-hybridized carbons (Fsp3) is 0.333. The van der Waals surface area contributed by atoms with Crippen LogP contribution in [-0.2, 0) is 6.54 Å². The Labute approximate surface area is 113 Å². The molecule has 0 radical (unpaired) electrons. The Morgan fingerprint density at radius 1 is 1.11 bits per heavy atom. The van der Waals surface area contributed by atoms with Crippen LogP contribution in [-0.4, -0.2) is 13.2 Å². The molecule has 0 aliphatic rings. The summed E-state index contributed by atoms with van der Waals surface area (Å²) in [6.07, 6.45) is 0. The molecular formula is C15H19NOS. The molecule has 1 aromatic carbocycles. The first-order valence-corrected chi connectivity index (χ1v) is 7.07. The van der Waals surface area contributed by atoms with E-state index in [9.17, 15) is 0 Å². The van der Waals surface area contributed by atoms with Crippen molar-refractivity contribution in [3.05, 3.63) is 51.7 Å². The lowest BCUT2D eigenvalue weighted by molar-refractivity contribution is 0.314. The number of hydrogen-bond donors (Lipinski definition) is 1. The maximum Gasteiger partial charge on any atom is 0.119 e. The van der Waals surface area contributed by atoms with Gasteiger partial charge in [-0.1, -0.05) is 17.7 Å². The van der Waals surface area contributed by atoms with Crippen LogP contribution in [0.25, 0.3) is 0 Å². The summed E-state index contributed by atoms with van der Waals surface area (Å²) < 4.78 is 5.65. The maximum atomic E-state index is 5.65. The number of rotatable bonds is 6. The summed E-state index contributed by atoms with van der Waals surface area (Å²) >= 11 is 1.80. The van der Waals surface area contributed by atoms with E-state index in [2.05, 4.69) is 42.7 Å². The van der Waals surface area contributed by atoms with Gasteiger partial charge in [-0.15, -0.1) is 11.3 Å². The lowest BCUT2D eigenvalue weighted by atomic mass is 10.2. The highest BCUT2D eigenvalue weighted by molar-refractivity contribution is 7.10. The molecule has 2 nitrogen and oxygen atoms in total. The number of benzene rings is 1. The second-order valence-corrected chi connectivity index (χ2v) is 5.37. The zero-order valence-electron chi connectivity index (χ0n) is 10.9. The van der Waals surface area contributed by atoms with Gasteiger partial charge in [0.2, 0.25) is 0 Å². The molecule has 2 rings (SSSR count). The van der Waals surface area contributed by atoms with Crippen molar-refractivity contribution in [3.8, 4) is 5.75 Å². The third-order valence-corrected chi connectivity index (χ3v) is 3.85. The molecule has 0 atom stereocenters. The van der Waals surface area contributed by atoms with E-state index in [-0.39, 0.29) is 0 Å². The highest BCUT2D eigenvalue weighted by atomic mass is 32.1. The molecule has 1 heterocycles. The lowest BCUT2D eigenvalue weighted by Gasteiger charge is -2.07. The number of aryl methyl sites for hydroxylation is 2. The van der Waals surface area contributed by atoms with Crippen LogP contribution >= 0.6 is 11.3 Å². The van der Waals surface area contributed by atoms with Gasteiger partial charge in [0.1, 0.15) is 12.4 Å². The summed E-state index contributed by atoms with van der Waals surface area (Å²) in [5.41, 5.74) is 2.63. The van der Waals surface area contributed by atoms with Gasteiger partial charge in [0.25, 0.3) is 0 Å². The Morgan fingerprint density at radius 2 is 1.89 bits per heavy atom. The van der Waals surface area contributed by atoms with E-state index >= 15 is 0 Å². The van der Waals surface area contributed by atoms with Gasteiger partial charge in [0, 0.05) is 18.0 Å². The van der Waals surface area contributed by atoms with E-state index in [1.165, 1.54) is 16.0 Å². The van der Waals surface area contributed by atoms with Crippen LogP contribution in [0.5, 0.6) is 5.75 Å². The first-order valence-electron chi connectivity index (χ1n) is 6.19. The lowest BCUT2D eigenvalue weighted by Crippen LogP contribution is -2.20. The van der Waals surface area contributed by atoms with Gasteiger partial charge in [-0.25, -0.2) is 0 Å². The van der Waals surface area contributed by atoms with Gasteiger partial charge < -0.3 is 10.1 Å². The van der Waals surface area contributed by atoms with Gasteiger partial charge >= 0.3 is 0 Å². The van der Waals surface area contributed by atoms with Crippen LogP contribution in [0, 0.1) is 13.8 Å². The average Bonchev–Trinajstić information content (AvgIpc) is 2.77. The second kappa shape index (κ2) is 6.57. The Kier molecular flexibility index (Phi) is 4.79. The predicted octanol–water partition coefficient (Wildman–Crippen LogP) is 3.53.